The number of thioether (sulfide) groups is 1. The molecule has 0 unspecified atom stereocenters. The van der Waals surface area contributed by atoms with Crippen LogP contribution in [0.2, 0.25) is 0 Å². The Balaban J connectivity index is 1.99. The smallest absolute Gasteiger partial charge is 0.137 e. The van der Waals surface area contributed by atoms with Crippen molar-refractivity contribution < 1.29 is 4.39 Å². The van der Waals surface area contributed by atoms with Crippen LogP contribution in [-0.2, 0) is 6.54 Å². The molecule has 0 atom stereocenters. The zero-order chi connectivity index (χ0) is 13.0. The molecule has 18 heavy (non-hydrogen) atoms. The van der Waals surface area contributed by atoms with Crippen molar-refractivity contribution in [2.75, 3.05) is 11.6 Å². The Bertz CT molecular complexity index is 528. The quantitative estimate of drug-likeness (QED) is 0.800. The predicted octanol–water partition coefficient (Wildman–Crippen LogP) is 4.92. The molecule has 0 aliphatic heterocycles. The summed E-state index contributed by atoms with van der Waals surface area (Å²) in [4.78, 5) is 1.23. The molecule has 0 heterocycles. The first kappa shape index (κ1) is 13.4. The van der Waals surface area contributed by atoms with Gasteiger partial charge in [0.05, 0.1) is 4.47 Å². The van der Waals surface area contributed by atoms with Crippen molar-refractivity contribution in [3.05, 3.63) is 58.3 Å². The van der Waals surface area contributed by atoms with Crippen LogP contribution < -0.4 is 5.32 Å². The van der Waals surface area contributed by atoms with Gasteiger partial charge in [-0.2, -0.15) is 0 Å². The normalized spacial score (nSPS) is 10.4. The van der Waals surface area contributed by atoms with Crippen molar-refractivity contribution in [2.45, 2.75) is 11.4 Å². The zero-order valence-electron chi connectivity index (χ0n) is 9.91. The highest BCUT2D eigenvalue weighted by Crippen LogP contribution is 2.19. The number of anilines is 1. The highest BCUT2D eigenvalue weighted by atomic mass is 79.9. The van der Waals surface area contributed by atoms with Crippen LogP contribution in [0, 0.1) is 5.82 Å². The maximum Gasteiger partial charge on any atom is 0.137 e. The highest BCUT2D eigenvalue weighted by Gasteiger charge is 2.00. The van der Waals surface area contributed by atoms with E-state index in [0.717, 1.165) is 11.3 Å². The van der Waals surface area contributed by atoms with Crippen molar-refractivity contribution in [2.24, 2.45) is 0 Å². The molecule has 1 nitrogen and oxygen atoms in total. The third kappa shape index (κ3) is 3.50. The lowest BCUT2D eigenvalue weighted by Gasteiger charge is -2.07. The molecule has 0 spiro atoms. The summed E-state index contributed by atoms with van der Waals surface area (Å²) in [5.74, 6) is -0.230. The fourth-order valence-corrected chi connectivity index (χ4v) is 2.22. The van der Waals surface area contributed by atoms with E-state index in [-0.39, 0.29) is 5.82 Å². The number of rotatable bonds is 4. The van der Waals surface area contributed by atoms with Gasteiger partial charge in [0.1, 0.15) is 5.82 Å². The van der Waals surface area contributed by atoms with Gasteiger partial charge >= 0.3 is 0 Å². The molecule has 2 rings (SSSR count). The van der Waals surface area contributed by atoms with E-state index in [1.807, 2.05) is 24.5 Å². The third-order valence-electron chi connectivity index (χ3n) is 2.57. The summed E-state index contributed by atoms with van der Waals surface area (Å²) >= 11 is 4.86. The van der Waals surface area contributed by atoms with Crippen LogP contribution >= 0.6 is 27.7 Å². The molecule has 0 aliphatic rings. The Morgan fingerprint density at radius 2 is 1.89 bits per heavy atom. The van der Waals surface area contributed by atoms with Crippen molar-refractivity contribution in [1.29, 1.82) is 0 Å². The largest absolute Gasteiger partial charge is 0.381 e. The molecule has 0 fully saturated rings. The summed E-state index contributed by atoms with van der Waals surface area (Å²) < 4.78 is 13.8. The van der Waals surface area contributed by atoms with Crippen molar-refractivity contribution in [3.63, 3.8) is 0 Å². The van der Waals surface area contributed by atoms with Gasteiger partial charge in [-0.1, -0.05) is 6.07 Å². The van der Waals surface area contributed by atoms with Gasteiger partial charge in [0.2, 0.25) is 0 Å². The number of hydrogen-bond donors (Lipinski definition) is 1. The number of halogens is 2. The van der Waals surface area contributed by atoms with Gasteiger partial charge in [-0.25, -0.2) is 4.39 Å². The van der Waals surface area contributed by atoms with Gasteiger partial charge in [-0.3, -0.25) is 0 Å². The van der Waals surface area contributed by atoms with Crippen LogP contribution in [0.5, 0.6) is 0 Å². The second-order valence-corrected chi connectivity index (χ2v) is 5.56. The van der Waals surface area contributed by atoms with E-state index in [9.17, 15) is 4.39 Å². The Labute approximate surface area is 119 Å². The van der Waals surface area contributed by atoms with Gasteiger partial charge in [-0.15, -0.1) is 11.8 Å². The van der Waals surface area contributed by atoms with Gasteiger partial charge in [0, 0.05) is 17.1 Å². The molecule has 1 N–H and O–H groups in total. The molecule has 0 amide bonds. The third-order valence-corrected chi connectivity index (χ3v) is 3.96. The molecule has 94 valence electrons. The molecule has 4 heteroatoms. The maximum absolute atomic E-state index is 13.3. The number of hydrogen-bond acceptors (Lipinski definition) is 2. The number of nitrogens with one attached hydrogen (secondary N) is 1. The topological polar surface area (TPSA) is 12.0 Å². The zero-order valence-corrected chi connectivity index (χ0v) is 12.3. The average molecular weight is 326 g/mol. The van der Waals surface area contributed by atoms with Crippen molar-refractivity contribution >= 4 is 33.4 Å². The van der Waals surface area contributed by atoms with Crippen LogP contribution in [0.25, 0.3) is 0 Å². The first-order valence-electron chi connectivity index (χ1n) is 5.51. The van der Waals surface area contributed by atoms with Crippen LogP contribution in [0.15, 0.2) is 51.8 Å². The minimum absolute atomic E-state index is 0.230. The van der Waals surface area contributed by atoms with Crippen LogP contribution in [-0.4, -0.2) is 6.26 Å². The van der Waals surface area contributed by atoms with Gasteiger partial charge in [0.15, 0.2) is 0 Å². The van der Waals surface area contributed by atoms with Crippen molar-refractivity contribution in [3.8, 4) is 0 Å². The molecule has 2 aromatic rings. The lowest BCUT2D eigenvalue weighted by atomic mass is 10.2. The fraction of sp³-hybridized carbons (Fsp3) is 0.143. The lowest BCUT2D eigenvalue weighted by molar-refractivity contribution is 0.619. The molecular weight excluding hydrogens is 313 g/mol. The van der Waals surface area contributed by atoms with Crippen molar-refractivity contribution in [1.82, 2.24) is 0 Å². The summed E-state index contributed by atoms with van der Waals surface area (Å²) in [5, 5.41) is 3.27. The standard InChI is InChI=1S/C14H13BrFNS/c1-18-12-5-3-11(4-6-12)17-9-10-2-7-13(15)14(16)8-10/h2-8,17H,9H2,1H3. The highest BCUT2D eigenvalue weighted by molar-refractivity contribution is 9.10. The van der Waals surface area contributed by atoms with Gasteiger partial charge in [0.25, 0.3) is 0 Å². The molecule has 0 saturated carbocycles. The Hall–Kier alpha value is -1.00. The predicted molar refractivity (Wildman–Crippen MR) is 79.6 cm³/mol. The SMILES string of the molecule is CSc1ccc(NCc2ccc(Br)c(F)c2)cc1. The van der Waals surface area contributed by atoms with Gasteiger partial charge < -0.3 is 5.32 Å². The summed E-state index contributed by atoms with van der Waals surface area (Å²) in [5.41, 5.74) is 1.96. The summed E-state index contributed by atoms with van der Waals surface area (Å²) in [6, 6.07) is 13.3. The molecule has 0 aliphatic carbocycles. The molecule has 0 aromatic heterocycles. The Morgan fingerprint density at radius 1 is 1.17 bits per heavy atom. The van der Waals surface area contributed by atoms with E-state index < -0.39 is 0 Å². The minimum Gasteiger partial charge on any atom is -0.381 e. The minimum atomic E-state index is -0.230. The van der Waals surface area contributed by atoms with Crippen LogP contribution in [0.4, 0.5) is 10.1 Å². The van der Waals surface area contributed by atoms with Crippen LogP contribution in [0.3, 0.4) is 0 Å². The second-order valence-electron chi connectivity index (χ2n) is 3.83. The Kier molecular flexibility index (Phi) is 4.66. The molecule has 0 bridgehead atoms. The van der Waals surface area contributed by atoms with Crippen LogP contribution in [0.1, 0.15) is 5.56 Å². The second kappa shape index (κ2) is 6.25. The molecule has 0 saturated heterocycles. The molecular formula is C14H13BrFNS. The van der Waals surface area contributed by atoms with E-state index in [1.165, 1.54) is 11.0 Å². The summed E-state index contributed by atoms with van der Waals surface area (Å²) in [6.45, 7) is 0.614. The average Bonchev–Trinajstić information content (AvgIpc) is 2.41. The van der Waals surface area contributed by atoms with E-state index in [4.69, 9.17) is 0 Å². The number of benzene rings is 2. The Morgan fingerprint density at radius 3 is 2.50 bits per heavy atom. The summed E-state index contributed by atoms with van der Waals surface area (Å²) in [6.07, 6.45) is 2.05. The maximum atomic E-state index is 13.3. The molecule has 2 aromatic carbocycles. The first-order valence-corrected chi connectivity index (χ1v) is 7.52. The van der Waals surface area contributed by atoms with Gasteiger partial charge in [-0.05, 0) is 64.1 Å². The van der Waals surface area contributed by atoms with E-state index in [2.05, 4.69) is 33.4 Å². The summed E-state index contributed by atoms with van der Waals surface area (Å²) in [7, 11) is 0. The van der Waals surface area contributed by atoms with E-state index in [0.29, 0.717) is 11.0 Å². The fourth-order valence-electron chi connectivity index (χ4n) is 1.56. The van der Waals surface area contributed by atoms with E-state index in [1.54, 1.807) is 17.8 Å². The first-order chi connectivity index (χ1) is 8.69. The van der Waals surface area contributed by atoms with E-state index >= 15 is 0 Å². The monoisotopic (exact) mass is 325 g/mol. The molecule has 0 radical (unpaired) electrons. The lowest BCUT2D eigenvalue weighted by Crippen LogP contribution is -1.99.